The molecule has 28 heavy (non-hydrogen) atoms. The molecule has 3 aliphatic carbocycles. The number of fused-ring (bicyclic) bond motifs is 3. The van der Waals surface area contributed by atoms with E-state index in [1.807, 2.05) is 0 Å². The van der Waals surface area contributed by atoms with Crippen LogP contribution in [0.25, 0.3) is 0 Å². The van der Waals surface area contributed by atoms with Crippen molar-refractivity contribution in [2.45, 2.75) is 58.4 Å². The third-order valence-corrected chi connectivity index (χ3v) is 8.69. The lowest BCUT2D eigenvalue weighted by atomic mass is 9.49. The third-order valence-electron chi connectivity index (χ3n) is 8.69. The van der Waals surface area contributed by atoms with Crippen LogP contribution >= 0.6 is 0 Å². The zero-order valence-corrected chi connectivity index (χ0v) is 17.7. The minimum absolute atomic E-state index is 0.152. The Bertz CT molecular complexity index is 816. The number of carbonyl (C=O) groups excluding carboxylic acids is 1. The Hall–Kier alpha value is -1.61. The quantitative estimate of drug-likeness (QED) is 0.713. The predicted molar refractivity (Wildman–Crippen MR) is 113 cm³/mol. The second kappa shape index (κ2) is 6.45. The fraction of sp³-hybridized carbons (Fsp3) is 0.640. The normalized spacial score (nSPS) is 30.4. The van der Waals surface area contributed by atoms with Gasteiger partial charge in [0.05, 0.1) is 0 Å². The summed E-state index contributed by atoms with van der Waals surface area (Å²) in [4.78, 5) is 16.9. The zero-order valence-electron chi connectivity index (χ0n) is 17.7. The number of piperidine rings is 1. The van der Waals surface area contributed by atoms with E-state index in [1.54, 1.807) is 12.5 Å². The van der Waals surface area contributed by atoms with Gasteiger partial charge in [-0.15, -0.1) is 0 Å². The Morgan fingerprint density at radius 3 is 2.61 bits per heavy atom. The lowest BCUT2D eigenvalue weighted by Crippen LogP contribution is -2.54. The molecule has 1 saturated heterocycles. The van der Waals surface area contributed by atoms with Crippen molar-refractivity contribution in [2.75, 3.05) is 26.2 Å². The van der Waals surface area contributed by atoms with E-state index >= 15 is 0 Å². The van der Waals surface area contributed by atoms with Crippen molar-refractivity contribution in [1.82, 2.24) is 9.80 Å². The topological polar surface area (TPSA) is 23.6 Å². The molecule has 3 nitrogen and oxygen atoms in total. The maximum absolute atomic E-state index is 12.2. The fourth-order valence-electron chi connectivity index (χ4n) is 6.59. The second-order valence-electron chi connectivity index (χ2n) is 10.4. The summed E-state index contributed by atoms with van der Waals surface area (Å²) in [6.45, 7) is 11.8. The van der Waals surface area contributed by atoms with E-state index in [2.05, 4.69) is 54.0 Å². The van der Waals surface area contributed by atoms with Crippen molar-refractivity contribution < 1.29 is 4.79 Å². The molecule has 2 bridgehead atoms. The average Bonchev–Trinajstić information content (AvgIpc) is 2.70. The van der Waals surface area contributed by atoms with E-state index in [9.17, 15) is 4.79 Å². The van der Waals surface area contributed by atoms with Crippen molar-refractivity contribution in [3.8, 4) is 0 Å². The number of carbonyl (C=O) groups is 1. The molecular formula is C25H34N2O. The highest BCUT2D eigenvalue weighted by atomic mass is 16.2. The molecule has 1 aromatic carbocycles. The average molecular weight is 379 g/mol. The van der Waals surface area contributed by atoms with Crippen LogP contribution in [0.5, 0.6) is 0 Å². The minimum atomic E-state index is 0.152. The Balaban J connectivity index is 1.31. The second-order valence-corrected chi connectivity index (χ2v) is 10.4. The molecule has 2 heterocycles. The van der Waals surface area contributed by atoms with Gasteiger partial charge < -0.3 is 4.90 Å². The van der Waals surface area contributed by atoms with Crippen LogP contribution in [0.1, 0.15) is 57.6 Å². The molecule has 3 heteroatoms. The summed E-state index contributed by atoms with van der Waals surface area (Å²) in [6.07, 6.45) is 7.59. The largest absolute Gasteiger partial charge is 0.338 e. The van der Waals surface area contributed by atoms with Crippen LogP contribution < -0.4 is 0 Å². The van der Waals surface area contributed by atoms with Gasteiger partial charge in [0, 0.05) is 32.0 Å². The highest BCUT2D eigenvalue weighted by Gasteiger charge is 2.51. The number of benzene rings is 1. The molecule has 2 fully saturated rings. The Morgan fingerprint density at radius 1 is 1.18 bits per heavy atom. The standard InChI is InChI=1S/C25H34N2O/c1-18(28)27-16-19-6-4-5-7-22(19)25(17-27)10-12-26(13-11-25)15-20-8-9-21-14-23(20)24(21,2)3/h4-8,21,23H,9-17H2,1-3H3. The Kier molecular flexibility index (Phi) is 4.24. The van der Waals surface area contributed by atoms with E-state index in [0.717, 1.165) is 57.4 Å². The van der Waals surface area contributed by atoms with E-state index in [0.29, 0.717) is 5.41 Å². The van der Waals surface area contributed by atoms with Crippen molar-refractivity contribution in [1.29, 1.82) is 0 Å². The van der Waals surface area contributed by atoms with Gasteiger partial charge >= 0.3 is 0 Å². The molecule has 0 N–H and O–H groups in total. The number of rotatable bonds is 2. The van der Waals surface area contributed by atoms with Crippen LogP contribution in [0.3, 0.4) is 0 Å². The maximum atomic E-state index is 12.2. The highest BCUT2D eigenvalue weighted by Crippen LogP contribution is 2.59. The Labute approximate surface area is 169 Å². The van der Waals surface area contributed by atoms with Crippen LogP contribution in [0.4, 0.5) is 0 Å². The van der Waals surface area contributed by atoms with Gasteiger partial charge in [0.15, 0.2) is 0 Å². The van der Waals surface area contributed by atoms with E-state index in [-0.39, 0.29) is 11.3 Å². The number of hydrogen-bond acceptors (Lipinski definition) is 2. The number of likely N-dealkylation sites (tertiary alicyclic amines) is 1. The number of allylic oxidation sites excluding steroid dienone is 1. The number of amides is 1. The summed E-state index contributed by atoms with van der Waals surface area (Å²) in [6, 6.07) is 8.84. The van der Waals surface area contributed by atoms with Crippen LogP contribution in [-0.4, -0.2) is 41.9 Å². The molecule has 150 valence electrons. The van der Waals surface area contributed by atoms with Gasteiger partial charge in [-0.1, -0.05) is 49.8 Å². The van der Waals surface area contributed by atoms with Crippen molar-refractivity contribution in [2.24, 2.45) is 17.3 Å². The number of nitrogens with zero attached hydrogens (tertiary/aromatic N) is 2. The predicted octanol–water partition coefficient (Wildman–Crippen LogP) is 4.37. The summed E-state index contributed by atoms with van der Waals surface area (Å²) >= 11 is 0. The molecule has 6 rings (SSSR count). The molecule has 0 radical (unpaired) electrons. The molecule has 2 atom stereocenters. The first kappa shape index (κ1) is 18.4. The maximum Gasteiger partial charge on any atom is 0.219 e. The minimum Gasteiger partial charge on any atom is -0.338 e. The molecule has 5 aliphatic rings. The van der Waals surface area contributed by atoms with Gasteiger partial charge in [-0.2, -0.15) is 0 Å². The van der Waals surface area contributed by atoms with Gasteiger partial charge in [-0.3, -0.25) is 9.69 Å². The van der Waals surface area contributed by atoms with Gasteiger partial charge in [-0.05, 0) is 67.2 Å². The van der Waals surface area contributed by atoms with Crippen molar-refractivity contribution in [3.63, 3.8) is 0 Å². The van der Waals surface area contributed by atoms with Gasteiger partial charge in [0.25, 0.3) is 0 Å². The molecule has 2 unspecified atom stereocenters. The van der Waals surface area contributed by atoms with E-state index < -0.39 is 0 Å². The summed E-state index contributed by atoms with van der Waals surface area (Å²) in [5, 5.41) is 0. The first-order chi connectivity index (χ1) is 13.4. The zero-order chi connectivity index (χ0) is 19.5. The summed E-state index contributed by atoms with van der Waals surface area (Å²) < 4.78 is 0. The monoisotopic (exact) mass is 378 g/mol. The molecule has 2 aliphatic heterocycles. The van der Waals surface area contributed by atoms with Gasteiger partial charge in [0.2, 0.25) is 5.91 Å². The SMILES string of the molecule is CC(=O)N1Cc2ccccc2C2(CCN(CC3=CCC4CC3C4(C)C)CC2)C1. The molecule has 1 saturated carbocycles. The summed E-state index contributed by atoms with van der Waals surface area (Å²) in [5.41, 5.74) is 5.24. The first-order valence-corrected chi connectivity index (χ1v) is 11.1. The van der Waals surface area contributed by atoms with Crippen LogP contribution in [-0.2, 0) is 16.8 Å². The fourth-order valence-corrected chi connectivity index (χ4v) is 6.59. The lowest BCUT2D eigenvalue weighted by Gasteiger charge is -2.57. The van der Waals surface area contributed by atoms with E-state index in [4.69, 9.17) is 0 Å². The van der Waals surface area contributed by atoms with Gasteiger partial charge in [0.1, 0.15) is 0 Å². The Morgan fingerprint density at radius 2 is 1.93 bits per heavy atom. The smallest absolute Gasteiger partial charge is 0.219 e. The number of hydrogen-bond donors (Lipinski definition) is 0. The first-order valence-electron chi connectivity index (χ1n) is 11.1. The summed E-state index contributed by atoms with van der Waals surface area (Å²) in [5.74, 6) is 1.94. The summed E-state index contributed by atoms with van der Waals surface area (Å²) in [7, 11) is 0. The third kappa shape index (κ3) is 2.77. The van der Waals surface area contributed by atoms with Crippen LogP contribution in [0.15, 0.2) is 35.9 Å². The lowest BCUT2D eigenvalue weighted by molar-refractivity contribution is -0.131. The molecular weight excluding hydrogens is 344 g/mol. The van der Waals surface area contributed by atoms with Crippen LogP contribution in [0, 0.1) is 17.3 Å². The highest BCUT2D eigenvalue weighted by molar-refractivity contribution is 5.74. The van der Waals surface area contributed by atoms with Crippen LogP contribution in [0.2, 0.25) is 0 Å². The molecule has 1 amide bonds. The van der Waals surface area contributed by atoms with Gasteiger partial charge in [-0.25, -0.2) is 0 Å². The van der Waals surface area contributed by atoms with Crippen molar-refractivity contribution >= 4 is 5.91 Å². The molecule has 1 spiro atoms. The molecule has 0 aromatic heterocycles. The molecule has 1 aromatic rings. The van der Waals surface area contributed by atoms with Crippen molar-refractivity contribution in [3.05, 3.63) is 47.0 Å². The van der Waals surface area contributed by atoms with E-state index in [1.165, 1.54) is 24.0 Å².